The van der Waals surface area contributed by atoms with Crippen LogP contribution >= 0.6 is 0 Å². The minimum atomic E-state index is -3.82. The number of aromatic nitrogens is 2. The normalized spacial score (nSPS) is 11.4. The molecule has 4 rings (SSSR count). The minimum absolute atomic E-state index is 0.0635. The second-order valence-corrected chi connectivity index (χ2v) is 8.46. The number of nitrogens with zero attached hydrogens (tertiary/aromatic N) is 2. The highest BCUT2D eigenvalue weighted by molar-refractivity contribution is 7.89. The molecule has 0 atom stereocenters. The first-order chi connectivity index (χ1) is 14.8. The number of primary sulfonamides is 1. The molecule has 8 nitrogen and oxygen atoms in total. The smallest absolute Gasteiger partial charge is 0.267 e. The Balaban J connectivity index is 1.54. The summed E-state index contributed by atoms with van der Waals surface area (Å²) in [4.78, 5) is 24.5. The standard InChI is InChI=1S/C22H18N4O4S/c23-31(29,30)19-9-7-18(8-10-19)24-21(27)14-26-22(28)12-11-20(25-26)17-6-5-15-3-1-2-4-16(15)13-17/h1-13H,14H2,(H,24,27)(H2,23,29,30). The molecule has 0 spiro atoms. The van der Waals surface area contributed by atoms with Crippen molar-refractivity contribution in [2.75, 3.05) is 5.32 Å². The van der Waals surface area contributed by atoms with Gasteiger partial charge in [0.25, 0.3) is 5.56 Å². The van der Waals surface area contributed by atoms with E-state index < -0.39 is 21.5 Å². The molecule has 31 heavy (non-hydrogen) atoms. The van der Waals surface area contributed by atoms with Crippen LogP contribution in [0, 0.1) is 0 Å². The molecule has 4 aromatic rings. The van der Waals surface area contributed by atoms with Crippen molar-refractivity contribution in [3.05, 3.63) is 89.2 Å². The molecule has 1 amide bonds. The van der Waals surface area contributed by atoms with Crippen LogP contribution in [0.15, 0.2) is 88.6 Å². The van der Waals surface area contributed by atoms with E-state index >= 15 is 0 Å². The first-order valence-corrected chi connectivity index (χ1v) is 10.8. The van der Waals surface area contributed by atoms with Crippen molar-refractivity contribution in [3.63, 3.8) is 0 Å². The SMILES string of the molecule is NS(=O)(=O)c1ccc(NC(=O)Cn2nc(-c3ccc4ccccc4c3)ccc2=O)cc1. The van der Waals surface area contributed by atoms with Gasteiger partial charge in [0.05, 0.1) is 10.6 Å². The van der Waals surface area contributed by atoms with Crippen molar-refractivity contribution in [1.82, 2.24) is 9.78 Å². The molecule has 0 aliphatic heterocycles. The van der Waals surface area contributed by atoms with Gasteiger partial charge >= 0.3 is 0 Å². The lowest BCUT2D eigenvalue weighted by atomic mass is 10.1. The summed E-state index contributed by atoms with van der Waals surface area (Å²) in [5, 5.41) is 14.1. The summed E-state index contributed by atoms with van der Waals surface area (Å²) in [6.07, 6.45) is 0. The Labute approximate surface area is 178 Å². The molecule has 1 aromatic heterocycles. The summed E-state index contributed by atoms with van der Waals surface area (Å²) in [5.41, 5.74) is 1.35. The van der Waals surface area contributed by atoms with Crippen LogP contribution in [-0.4, -0.2) is 24.1 Å². The van der Waals surface area contributed by atoms with Gasteiger partial charge in [0.1, 0.15) is 6.54 Å². The van der Waals surface area contributed by atoms with Crippen molar-refractivity contribution in [2.24, 2.45) is 5.14 Å². The zero-order valence-corrected chi connectivity index (χ0v) is 17.0. The Morgan fingerprint density at radius 3 is 2.35 bits per heavy atom. The Hall–Kier alpha value is -3.82. The molecule has 0 saturated heterocycles. The van der Waals surface area contributed by atoms with Gasteiger partial charge < -0.3 is 5.32 Å². The van der Waals surface area contributed by atoms with E-state index in [1.807, 2.05) is 42.5 Å². The highest BCUT2D eigenvalue weighted by Gasteiger charge is 2.11. The molecule has 3 aromatic carbocycles. The largest absolute Gasteiger partial charge is 0.324 e. The predicted molar refractivity (Wildman–Crippen MR) is 118 cm³/mol. The third-order valence-electron chi connectivity index (χ3n) is 4.67. The zero-order valence-electron chi connectivity index (χ0n) is 16.2. The number of rotatable bonds is 5. The molecule has 0 bridgehead atoms. The molecule has 9 heteroatoms. The predicted octanol–water partition coefficient (Wildman–Crippen LogP) is 2.35. The lowest BCUT2D eigenvalue weighted by Crippen LogP contribution is -2.29. The number of sulfonamides is 1. The molecule has 156 valence electrons. The van der Waals surface area contributed by atoms with Crippen molar-refractivity contribution in [1.29, 1.82) is 0 Å². The number of hydrogen-bond donors (Lipinski definition) is 2. The van der Waals surface area contributed by atoms with Gasteiger partial charge in [-0.25, -0.2) is 18.2 Å². The summed E-state index contributed by atoms with van der Waals surface area (Å²) in [6.45, 7) is -0.294. The Bertz CT molecular complexity index is 1440. The van der Waals surface area contributed by atoms with Crippen LogP contribution in [0.5, 0.6) is 0 Å². The van der Waals surface area contributed by atoms with E-state index in [1.165, 1.54) is 30.3 Å². The Morgan fingerprint density at radius 1 is 0.935 bits per heavy atom. The monoisotopic (exact) mass is 434 g/mol. The second-order valence-electron chi connectivity index (χ2n) is 6.89. The lowest BCUT2D eigenvalue weighted by molar-refractivity contribution is -0.117. The number of nitrogens with one attached hydrogen (secondary N) is 1. The topological polar surface area (TPSA) is 124 Å². The molecule has 0 fully saturated rings. The van der Waals surface area contributed by atoms with Crippen LogP contribution in [-0.2, 0) is 21.4 Å². The third-order valence-corrected chi connectivity index (χ3v) is 5.60. The van der Waals surface area contributed by atoms with E-state index in [1.54, 1.807) is 6.07 Å². The number of nitrogens with two attached hydrogens (primary N) is 1. The fraction of sp³-hybridized carbons (Fsp3) is 0.0455. The quantitative estimate of drug-likeness (QED) is 0.499. The van der Waals surface area contributed by atoms with Crippen molar-refractivity contribution in [3.8, 4) is 11.3 Å². The highest BCUT2D eigenvalue weighted by Crippen LogP contribution is 2.22. The highest BCUT2D eigenvalue weighted by atomic mass is 32.2. The van der Waals surface area contributed by atoms with Gasteiger partial charge in [-0.3, -0.25) is 9.59 Å². The van der Waals surface area contributed by atoms with E-state index in [4.69, 9.17) is 5.14 Å². The van der Waals surface area contributed by atoms with E-state index in [0.29, 0.717) is 11.4 Å². The van der Waals surface area contributed by atoms with E-state index in [2.05, 4.69) is 10.4 Å². The Kier molecular flexibility index (Phi) is 5.37. The van der Waals surface area contributed by atoms with Crippen LogP contribution < -0.4 is 16.0 Å². The summed E-state index contributed by atoms with van der Waals surface area (Å²) >= 11 is 0. The first kappa shape index (κ1) is 20.5. The summed E-state index contributed by atoms with van der Waals surface area (Å²) in [6, 6.07) is 22.1. The summed E-state index contributed by atoms with van der Waals surface area (Å²) in [5.74, 6) is -0.478. The number of carbonyl (C=O) groups is 1. The van der Waals surface area contributed by atoms with Crippen LogP contribution in [0.25, 0.3) is 22.0 Å². The third kappa shape index (κ3) is 4.68. The molecule has 1 heterocycles. The van der Waals surface area contributed by atoms with Gasteiger partial charge in [0, 0.05) is 17.3 Å². The zero-order chi connectivity index (χ0) is 22.0. The fourth-order valence-electron chi connectivity index (χ4n) is 3.13. The molecular weight excluding hydrogens is 416 g/mol. The molecule has 0 unspecified atom stereocenters. The fourth-order valence-corrected chi connectivity index (χ4v) is 3.64. The number of hydrogen-bond acceptors (Lipinski definition) is 5. The number of anilines is 1. The van der Waals surface area contributed by atoms with E-state index in [0.717, 1.165) is 21.0 Å². The average Bonchev–Trinajstić information content (AvgIpc) is 2.74. The Morgan fingerprint density at radius 2 is 1.65 bits per heavy atom. The lowest BCUT2D eigenvalue weighted by Gasteiger charge is -2.09. The van der Waals surface area contributed by atoms with E-state index in [-0.39, 0.29) is 11.4 Å². The van der Waals surface area contributed by atoms with Gasteiger partial charge in [0.15, 0.2) is 0 Å². The van der Waals surface area contributed by atoms with Gasteiger partial charge in [-0.1, -0.05) is 36.4 Å². The first-order valence-electron chi connectivity index (χ1n) is 9.30. The van der Waals surface area contributed by atoms with Gasteiger partial charge in [0.2, 0.25) is 15.9 Å². The number of amides is 1. The molecule has 0 saturated carbocycles. The molecule has 0 aliphatic carbocycles. The summed E-state index contributed by atoms with van der Waals surface area (Å²) in [7, 11) is -3.82. The van der Waals surface area contributed by atoms with Gasteiger partial charge in [-0.05, 0) is 47.2 Å². The molecular formula is C22H18N4O4S. The van der Waals surface area contributed by atoms with Crippen LogP contribution in [0.3, 0.4) is 0 Å². The molecule has 0 radical (unpaired) electrons. The molecule has 3 N–H and O–H groups in total. The maximum atomic E-state index is 12.4. The molecule has 0 aliphatic rings. The number of fused-ring (bicyclic) bond motifs is 1. The van der Waals surface area contributed by atoms with E-state index in [9.17, 15) is 18.0 Å². The summed E-state index contributed by atoms with van der Waals surface area (Å²) < 4.78 is 23.7. The van der Waals surface area contributed by atoms with Crippen molar-refractivity contribution in [2.45, 2.75) is 11.4 Å². The number of benzene rings is 3. The number of carbonyl (C=O) groups excluding carboxylic acids is 1. The minimum Gasteiger partial charge on any atom is -0.324 e. The van der Waals surface area contributed by atoms with Gasteiger partial charge in [-0.2, -0.15) is 5.10 Å². The maximum Gasteiger partial charge on any atom is 0.267 e. The van der Waals surface area contributed by atoms with Crippen molar-refractivity contribution >= 4 is 32.4 Å². The van der Waals surface area contributed by atoms with Crippen LogP contribution in [0.4, 0.5) is 5.69 Å². The van der Waals surface area contributed by atoms with Gasteiger partial charge in [-0.15, -0.1) is 0 Å². The van der Waals surface area contributed by atoms with Crippen LogP contribution in [0.2, 0.25) is 0 Å². The average molecular weight is 434 g/mol. The van der Waals surface area contributed by atoms with Crippen molar-refractivity contribution < 1.29 is 13.2 Å². The maximum absolute atomic E-state index is 12.4. The second kappa shape index (κ2) is 8.13. The van der Waals surface area contributed by atoms with Crippen LogP contribution in [0.1, 0.15) is 0 Å².